The lowest BCUT2D eigenvalue weighted by Crippen LogP contribution is -2.39. The summed E-state index contributed by atoms with van der Waals surface area (Å²) < 4.78 is 34.8. The molecule has 0 fully saturated rings. The van der Waals surface area contributed by atoms with E-state index in [4.69, 9.17) is 0 Å². The molecule has 0 aromatic heterocycles. The second kappa shape index (κ2) is 6.42. The number of halogens is 3. The number of alkyl halides is 3. The molecular weight excluding hydrogens is 197 g/mol. The Bertz CT molecular complexity index is 192. The molecule has 14 heavy (non-hydrogen) atoms. The van der Waals surface area contributed by atoms with E-state index in [2.05, 4.69) is 11.9 Å². The molecule has 0 saturated heterocycles. The normalized spacial score (nSPS) is 11.1. The maximum Gasteiger partial charge on any atom is 0.405 e. The van der Waals surface area contributed by atoms with E-state index < -0.39 is 18.6 Å². The summed E-state index contributed by atoms with van der Waals surface area (Å²) in [6.07, 6.45) is -2.02. The summed E-state index contributed by atoms with van der Waals surface area (Å²) in [7, 11) is 0. The quantitative estimate of drug-likeness (QED) is 0.503. The van der Waals surface area contributed by atoms with Crippen molar-refractivity contribution >= 4 is 5.91 Å². The van der Waals surface area contributed by atoms with Gasteiger partial charge in [-0.2, -0.15) is 13.2 Å². The maximum atomic E-state index is 11.6. The first-order chi connectivity index (χ1) is 6.45. The van der Waals surface area contributed by atoms with Crippen LogP contribution in [-0.4, -0.2) is 31.7 Å². The van der Waals surface area contributed by atoms with Gasteiger partial charge in [-0.3, -0.25) is 4.79 Å². The van der Waals surface area contributed by atoms with Gasteiger partial charge in [-0.1, -0.05) is 6.08 Å². The van der Waals surface area contributed by atoms with Gasteiger partial charge in [0.1, 0.15) is 6.54 Å². The highest BCUT2D eigenvalue weighted by Gasteiger charge is 2.27. The number of amides is 1. The molecule has 0 atom stereocenters. The number of hydrogen-bond acceptors (Lipinski definition) is 2. The van der Waals surface area contributed by atoms with Crippen molar-refractivity contribution in [3.05, 3.63) is 12.7 Å². The Balaban J connectivity index is 3.42. The molecule has 0 heterocycles. The topological polar surface area (TPSA) is 41.1 Å². The van der Waals surface area contributed by atoms with Gasteiger partial charge in [-0.05, 0) is 13.0 Å². The smallest absolute Gasteiger partial charge is 0.346 e. The van der Waals surface area contributed by atoms with Crippen LogP contribution in [0, 0.1) is 0 Å². The largest absolute Gasteiger partial charge is 0.405 e. The first-order valence-electron chi connectivity index (χ1n) is 4.11. The molecule has 82 valence electrons. The summed E-state index contributed by atoms with van der Waals surface area (Å²) in [5, 5.41) is 4.42. The van der Waals surface area contributed by atoms with Crippen molar-refractivity contribution in [2.75, 3.05) is 19.6 Å². The Morgan fingerprint density at radius 3 is 2.57 bits per heavy atom. The van der Waals surface area contributed by atoms with E-state index in [9.17, 15) is 18.0 Å². The lowest BCUT2D eigenvalue weighted by atomic mass is 10.4. The number of carbonyl (C=O) groups excluding carboxylic acids is 1. The van der Waals surface area contributed by atoms with E-state index in [1.165, 1.54) is 0 Å². The Hall–Kier alpha value is -1.04. The van der Waals surface area contributed by atoms with Crippen LogP contribution in [0.2, 0.25) is 0 Å². The van der Waals surface area contributed by atoms with Gasteiger partial charge in [0.15, 0.2) is 0 Å². The molecule has 2 N–H and O–H groups in total. The minimum absolute atomic E-state index is 0.107. The van der Waals surface area contributed by atoms with Crippen LogP contribution in [0.4, 0.5) is 13.2 Å². The van der Waals surface area contributed by atoms with E-state index in [0.717, 1.165) is 0 Å². The second-order valence-corrected chi connectivity index (χ2v) is 2.65. The van der Waals surface area contributed by atoms with Gasteiger partial charge >= 0.3 is 6.18 Å². The summed E-state index contributed by atoms with van der Waals surface area (Å²) in [6.45, 7) is 2.60. The number of hydrogen-bond donors (Lipinski definition) is 2. The van der Waals surface area contributed by atoms with Gasteiger partial charge in [0.25, 0.3) is 0 Å². The summed E-state index contributed by atoms with van der Waals surface area (Å²) in [5.74, 6) is -0.661. The molecule has 1 amide bonds. The van der Waals surface area contributed by atoms with Crippen LogP contribution in [-0.2, 0) is 4.79 Å². The minimum Gasteiger partial charge on any atom is -0.346 e. The lowest BCUT2D eigenvalue weighted by molar-refractivity contribution is -0.137. The highest BCUT2D eigenvalue weighted by atomic mass is 19.4. The molecule has 0 radical (unpaired) electrons. The zero-order chi connectivity index (χ0) is 11.0. The third-order valence-corrected chi connectivity index (χ3v) is 1.30. The SMILES string of the molecule is C=CCCNCC(=O)NCC(F)(F)F. The fraction of sp³-hybridized carbons (Fsp3) is 0.625. The van der Waals surface area contributed by atoms with Crippen molar-refractivity contribution in [1.82, 2.24) is 10.6 Å². The molecule has 0 saturated carbocycles. The van der Waals surface area contributed by atoms with E-state index in [0.29, 0.717) is 13.0 Å². The van der Waals surface area contributed by atoms with E-state index >= 15 is 0 Å². The van der Waals surface area contributed by atoms with E-state index in [1.54, 1.807) is 11.4 Å². The van der Waals surface area contributed by atoms with E-state index in [-0.39, 0.29) is 6.54 Å². The Labute approximate surface area is 80.4 Å². The molecule has 6 heteroatoms. The van der Waals surface area contributed by atoms with Crippen molar-refractivity contribution in [1.29, 1.82) is 0 Å². The summed E-state index contributed by atoms with van der Waals surface area (Å²) >= 11 is 0. The van der Waals surface area contributed by atoms with E-state index in [1.807, 2.05) is 0 Å². The zero-order valence-electron chi connectivity index (χ0n) is 7.66. The first kappa shape index (κ1) is 13.0. The van der Waals surface area contributed by atoms with Gasteiger partial charge in [0, 0.05) is 0 Å². The number of carbonyl (C=O) groups is 1. The maximum absolute atomic E-state index is 11.6. The first-order valence-corrected chi connectivity index (χ1v) is 4.11. The van der Waals surface area contributed by atoms with Crippen molar-refractivity contribution in [2.24, 2.45) is 0 Å². The standard InChI is InChI=1S/C8H13F3N2O/c1-2-3-4-12-5-7(14)13-6-8(9,10)11/h2,12H,1,3-6H2,(H,13,14). The van der Waals surface area contributed by atoms with Gasteiger partial charge in [-0.15, -0.1) is 6.58 Å². The third-order valence-electron chi connectivity index (χ3n) is 1.30. The molecule has 0 aliphatic rings. The molecular formula is C8H13F3N2O. The second-order valence-electron chi connectivity index (χ2n) is 2.65. The molecule has 0 bridgehead atoms. The lowest BCUT2D eigenvalue weighted by Gasteiger charge is -2.08. The zero-order valence-corrected chi connectivity index (χ0v) is 7.66. The Morgan fingerprint density at radius 2 is 2.07 bits per heavy atom. The third kappa shape index (κ3) is 9.05. The van der Waals surface area contributed by atoms with Crippen LogP contribution >= 0.6 is 0 Å². The summed E-state index contributed by atoms with van der Waals surface area (Å²) in [6, 6.07) is 0. The van der Waals surface area contributed by atoms with Crippen molar-refractivity contribution in [2.45, 2.75) is 12.6 Å². The summed E-state index contributed by atoms with van der Waals surface area (Å²) in [5.41, 5.74) is 0. The Kier molecular flexibility index (Phi) is 5.94. The highest BCUT2D eigenvalue weighted by Crippen LogP contribution is 2.11. The van der Waals surface area contributed by atoms with Crippen molar-refractivity contribution in [3.8, 4) is 0 Å². The van der Waals surface area contributed by atoms with Crippen LogP contribution in [0.1, 0.15) is 6.42 Å². The van der Waals surface area contributed by atoms with Gasteiger partial charge in [0.2, 0.25) is 5.91 Å². The predicted molar refractivity (Wildman–Crippen MR) is 46.7 cm³/mol. The molecule has 0 aliphatic heterocycles. The van der Waals surface area contributed by atoms with Crippen LogP contribution in [0.25, 0.3) is 0 Å². The van der Waals surface area contributed by atoms with Crippen molar-refractivity contribution in [3.63, 3.8) is 0 Å². The van der Waals surface area contributed by atoms with Gasteiger partial charge < -0.3 is 10.6 Å². The average Bonchev–Trinajstić information content (AvgIpc) is 2.08. The monoisotopic (exact) mass is 210 g/mol. The highest BCUT2D eigenvalue weighted by molar-refractivity contribution is 5.77. The van der Waals surface area contributed by atoms with Crippen molar-refractivity contribution < 1.29 is 18.0 Å². The molecule has 0 rings (SSSR count). The molecule has 0 unspecified atom stereocenters. The Morgan fingerprint density at radius 1 is 1.43 bits per heavy atom. The molecule has 3 nitrogen and oxygen atoms in total. The average molecular weight is 210 g/mol. The fourth-order valence-electron chi connectivity index (χ4n) is 0.667. The predicted octanol–water partition coefficient (Wildman–Crippen LogP) is 0.831. The van der Waals surface area contributed by atoms with Gasteiger partial charge in [-0.25, -0.2) is 0 Å². The van der Waals surface area contributed by atoms with Crippen LogP contribution in [0.15, 0.2) is 12.7 Å². The molecule has 0 aliphatic carbocycles. The molecule has 0 aromatic rings. The van der Waals surface area contributed by atoms with Gasteiger partial charge in [0.05, 0.1) is 6.54 Å². The van der Waals surface area contributed by atoms with Crippen LogP contribution in [0.3, 0.4) is 0 Å². The number of rotatable bonds is 6. The molecule has 0 aromatic carbocycles. The molecule has 0 spiro atoms. The minimum atomic E-state index is -4.35. The van der Waals surface area contributed by atoms with Crippen LogP contribution in [0.5, 0.6) is 0 Å². The number of nitrogens with one attached hydrogen (secondary N) is 2. The van der Waals surface area contributed by atoms with Crippen LogP contribution < -0.4 is 10.6 Å². The fourth-order valence-corrected chi connectivity index (χ4v) is 0.667. The summed E-state index contributed by atoms with van der Waals surface area (Å²) in [4.78, 5) is 10.8.